The monoisotopic (exact) mass is 424 g/mol. The molecule has 0 bridgehead atoms. The summed E-state index contributed by atoms with van der Waals surface area (Å²) < 4.78 is 31.4. The Labute approximate surface area is 182 Å². The molecule has 3 aliphatic rings. The zero-order valence-electron chi connectivity index (χ0n) is 17.7. The second-order valence-corrected chi connectivity index (χ2v) is 8.34. The summed E-state index contributed by atoms with van der Waals surface area (Å²) in [6.07, 6.45) is 13.5. The van der Waals surface area contributed by atoms with Crippen molar-refractivity contribution in [2.75, 3.05) is 39.5 Å². The van der Waals surface area contributed by atoms with E-state index in [1.54, 1.807) is 12.1 Å². The molecule has 5 rings (SSSR count). The first-order chi connectivity index (χ1) is 15.3. The minimum absolute atomic E-state index is 0.0634. The number of aromatic nitrogens is 1. The standard InChI is InChI=1S/C25H29FN2O3/c26-20-6-7-23-21(14-20)22(15-27-23)18-8-10-28(11-9-18)12-13-29-25-17-30-24(16-31-25)19-4-2-1-3-5-19/h1-2,4,6-8,14-15,24-25,27H,3,5,9-13,16-17H2. The fourth-order valence-electron chi connectivity index (χ4n) is 4.52. The van der Waals surface area contributed by atoms with Gasteiger partial charge in [0.15, 0.2) is 6.29 Å². The number of halogens is 1. The molecule has 1 aromatic carbocycles. The largest absolute Gasteiger partial charge is 0.366 e. The van der Waals surface area contributed by atoms with E-state index in [4.69, 9.17) is 14.2 Å². The smallest absolute Gasteiger partial charge is 0.181 e. The normalized spacial score (nSPS) is 24.9. The lowest BCUT2D eigenvalue weighted by Gasteiger charge is -2.32. The van der Waals surface area contributed by atoms with Crippen LogP contribution in [0.4, 0.5) is 4.39 Å². The van der Waals surface area contributed by atoms with Gasteiger partial charge in [-0.3, -0.25) is 4.90 Å². The van der Waals surface area contributed by atoms with Gasteiger partial charge >= 0.3 is 0 Å². The predicted molar refractivity (Wildman–Crippen MR) is 119 cm³/mol. The lowest BCUT2D eigenvalue weighted by molar-refractivity contribution is -0.228. The molecule has 0 amide bonds. The third kappa shape index (κ3) is 4.83. The van der Waals surface area contributed by atoms with Crippen molar-refractivity contribution >= 4 is 16.5 Å². The third-order valence-electron chi connectivity index (χ3n) is 6.32. The number of rotatable bonds is 6. The van der Waals surface area contributed by atoms with Crippen molar-refractivity contribution in [2.45, 2.75) is 31.7 Å². The quantitative estimate of drug-likeness (QED) is 0.745. The number of nitrogens with one attached hydrogen (secondary N) is 1. The number of H-pyrrole nitrogens is 1. The van der Waals surface area contributed by atoms with Gasteiger partial charge in [-0.15, -0.1) is 0 Å². The van der Waals surface area contributed by atoms with Gasteiger partial charge in [-0.2, -0.15) is 0 Å². The Morgan fingerprint density at radius 2 is 2.16 bits per heavy atom. The SMILES string of the molecule is Fc1ccc2[nH]cc(C3=CCN(CCOC4COC(C5=CC=CCC5)CO4)CC3)c2c1. The van der Waals surface area contributed by atoms with Gasteiger partial charge in [0.1, 0.15) is 11.9 Å². The average molecular weight is 425 g/mol. The third-order valence-corrected chi connectivity index (χ3v) is 6.32. The summed E-state index contributed by atoms with van der Waals surface area (Å²) in [5.41, 5.74) is 4.67. The van der Waals surface area contributed by atoms with Crippen molar-refractivity contribution in [1.29, 1.82) is 0 Å². The predicted octanol–water partition coefficient (Wildman–Crippen LogP) is 4.43. The summed E-state index contributed by atoms with van der Waals surface area (Å²) in [6.45, 7) is 4.34. The number of aromatic amines is 1. The minimum atomic E-state index is -0.284. The highest BCUT2D eigenvalue weighted by Gasteiger charge is 2.25. The van der Waals surface area contributed by atoms with Crippen LogP contribution in [-0.4, -0.2) is 61.7 Å². The van der Waals surface area contributed by atoms with E-state index in [2.05, 4.69) is 34.2 Å². The zero-order chi connectivity index (χ0) is 21.0. The van der Waals surface area contributed by atoms with E-state index in [1.165, 1.54) is 17.2 Å². The van der Waals surface area contributed by atoms with Gasteiger partial charge in [0, 0.05) is 42.3 Å². The molecule has 2 aliphatic heterocycles. The fourth-order valence-corrected chi connectivity index (χ4v) is 4.52. The first-order valence-electron chi connectivity index (χ1n) is 11.1. The number of fused-ring (bicyclic) bond motifs is 1. The molecular weight excluding hydrogens is 395 g/mol. The summed E-state index contributed by atoms with van der Waals surface area (Å²) in [7, 11) is 0. The molecule has 3 heterocycles. The molecular formula is C25H29FN2O3. The molecule has 1 aliphatic carbocycles. The molecule has 1 N–H and O–H groups in total. The molecule has 2 aromatic rings. The molecule has 164 valence electrons. The minimum Gasteiger partial charge on any atom is -0.366 e. The molecule has 0 radical (unpaired) electrons. The Morgan fingerprint density at radius 3 is 2.94 bits per heavy atom. The van der Waals surface area contributed by atoms with Crippen LogP contribution in [0.5, 0.6) is 0 Å². The molecule has 0 spiro atoms. The van der Waals surface area contributed by atoms with E-state index in [0.717, 1.165) is 55.4 Å². The summed E-state index contributed by atoms with van der Waals surface area (Å²) in [5.74, 6) is -0.198. The Morgan fingerprint density at radius 1 is 1.19 bits per heavy atom. The van der Waals surface area contributed by atoms with Crippen LogP contribution >= 0.6 is 0 Å². The highest BCUT2D eigenvalue weighted by Crippen LogP contribution is 2.29. The maximum absolute atomic E-state index is 13.7. The second kappa shape index (κ2) is 9.49. The van der Waals surface area contributed by atoms with Crippen molar-refractivity contribution in [3.8, 4) is 0 Å². The van der Waals surface area contributed by atoms with Crippen molar-refractivity contribution < 1.29 is 18.6 Å². The zero-order valence-corrected chi connectivity index (χ0v) is 17.7. The van der Waals surface area contributed by atoms with E-state index < -0.39 is 0 Å². The van der Waals surface area contributed by atoms with Crippen LogP contribution in [-0.2, 0) is 14.2 Å². The number of nitrogens with zero attached hydrogens (tertiary/aromatic N) is 1. The van der Waals surface area contributed by atoms with E-state index >= 15 is 0 Å². The molecule has 2 unspecified atom stereocenters. The summed E-state index contributed by atoms with van der Waals surface area (Å²) >= 11 is 0. The second-order valence-electron chi connectivity index (χ2n) is 8.34. The summed E-state index contributed by atoms with van der Waals surface area (Å²) in [4.78, 5) is 5.61. The van der Waals surface area contributed by atoms with Crippen molar-refractivity contribution in [3.63, 3.8) is 0 Å². The number of hydrogen-bond donors (Lipinski definition) is 1. The molecule has 6 heteroatoms. The van der Waals surface area contributed by atoms with Crippen LogP contribution in [0.25, 0.3) is 16.5 Å². The van der Waals surface area contributed by atoms with Crippen LogP contribution in [0.1, 0.15) is 24.8 Å². The lowest BCUT2D eigenvalue weighted by Crippen LogP contribution is -2.40. The lowest BCUT2D eigenvalue weighted by atomic mass is 9.99. The molecule has 1 fully saturated rings. The first kappa shape index (κ1) is 20.6. The summed E-state index contributed by atoms with van der Waals surface area (Å²) in [6, 6.07) is 4.90. The van der Waals surface area contributed by atoms with E-state index in [0.29, 0.717) is 19.8 Å². The van der Waals surface area contributed by atoms with E-state index in [-0.39, 0.29) is 18.2 Å². The highest BCUT2D eigenvalue weighted by molar-refractivity contribution is 5.92. The number of benzene rings is 1. The highest BCUT2D eigenvalue weighted by atomic mass is 19.1. The van der Waals surface area contributed by atoms with Gasteiger partial charge in [-0.25, -0.2) is 4.39 Å². The van der Waals surface area contributed by atoms with E-state index in [1.807, 2.05) is 6.20 Å². The van der Waals surface area contributed by atoms with Gasteiger partial charge in [0.05, 0.1) is 19.8 Å². The van der Waals surface area contributed by atoms with Crippen LogP contribution in [0, 0.1) is 5.82 Å². The fraction of sp³-hybridized carbons (Fsp3) is 0.440. The molecule has 1 saturated heterocycles. The van der Waals surface area contributed by atoms with Gasteiger partial charge < -0.3 is 19.2 Å². The van der Waals surface area contributed by atoms with Crippen LogP contribution in [0.15, 0.2) is 54.3 Å². The van der Waals surface area contributed by atoms with Gasteiger partial charge in [0.2, 0.25) is 0 Å². The molecule has 1 aromatic heterocycles. The average Bonchev–Trinajstić information content (AvgIpc) is 3.24. The maximum Gasteiger partial charge on any atom is 0.181 e. The Hall–Kier alpha value is -2.25. The molecule has 5 nitrogen and oxygen atoms in total. The van der Waals surface area contributed by atoms with E-state index in [9.17, 15) is 4.39 Å². The Bertz CT molecular complexity index is 1000. The molecule has 0 saturated carbocycles. The van der Waals surface area contributed by atoms with Crippen LogP contribution in [0.2, 0.25) is 0 Å². The molecule has 31 heavy (non-hydrogen) atoms. The van der Waals surface area contributed by atoms with Crippen molar-refractivity contribution in [1.82, 2.24) is 9.88 Å². The number of hydrogen-bond acceptors (Lipinski definition) is 4. The summed E-state index contributed by atoms with van der Waals surface area (Å²) in [5, 5.41) is 0.954. The first-order valence-corrected chi connectivity index (χ1v) is 11.1. The van der Waals surface area contributed by atoms with Gasteiger partial charge in [-0.05, 0) is 48.6 Å². The number of ether oxygens (including phenoxy) is 3. The Balaban J connectivity index is 1.07. The van der Waals surface area contributed by atoms with Crippen LogP contribution in [0.3, 0.4) is 0 Å². The Kier molecular flexibility index (Phi) is 6.32. The van der Waals surface area contributed by atoms with Crippen molar-refractivity contribution in [2.24, 2.45) is 0 Å². The van der Waals surface area contributed by atoms with Gasteiger partial charge in [0.25, 0.3) is 0 Å². The van der Waals surface area contributed by atoms with Gasteiger partial charge in [-0.1, -0.05) is 24.3 Å². The van der Waals surface area contributed by atoms with Crippen LogP contribution < -0.4 is 0 Å². The topological polar surface area (TPSA) is 46.7 Å². The molecule has 2 atom stereocenters. The maximum atomic E-state index is 13.7. The number of allylic oxidation sites excluding steroid dienone is 3. The van der Waals surface area contributed by atoms with Crippen molar-refractivity contribution in [3.05, 3.63) is 65.7 Å².